The number of ketones is 1. The Kier molecular flexibility index (Phi) is 5.79. The SMILES string of the molecule is CCOC(=O)CC(=O)[C@@H]1CCN(C(=O)OC)[C@H](C)C1. The lowest BCUT2D eigenvalue weighted by Gasteiger charge is -2.35. The van der Waals surface area contributed by atoms with Crippen molar-refractivity contribution in [3.8, 4) is 0 Å². The molecule has 1 amide bonds. The highest BCUT2D eigenvalue weighted by molar-refractivity contribution is 5.96. The number of hydrogen-bond acceptors (Lipinski definition) is 5. The number of methoxy groups -OCH3 is 1. The van der Waals surface area contributed by atoms with E-state index in [0.29, 0.717) is 19.4 Å². The Hall–Kier alpha value is -1.59. The average molecular weight is 271 g/mol. The summed E-state index contributed by atoms with van der Waals surface area (Å²) in [5.41, 5.74) is 0. The van der Waals surface area contributed by atoms with Crippen LogP contribution in [0.15, 0.2) is 0 Å². The van der Waals surface area contributed by atoms with Gasteiger partial charge in [0, 0.05) is 18.5 Å². The predicted octanol–water partition coefficient (Wildman–Crippen LogP) is 1.38. The number of esters is 1. The first kappa shape index (κ1) is 15.5. The molecule has 1 rings (SSSR count). The molecule has 0 aromatic carbocycles. The van der Waals surface area contributed by atoms with Crippen molar-refractivity contribution in [3.63, 3.8) is 0 Å². The van der Waals surface area contributed by atoms with E-state index < -0.39 is 5.97 Å². The van der Waals surface area contributed by atoms with Crippen molar-refractivity contribution in [1.82, 2.24) is 4.90 Å². The molecule has 0 radical (unpaired) electrons. The number of rotatable bonds is 4. The van der Waals surface area contributed by atoms with Gasteiger partial charge in [-0.3, -0.25) is 9.59 Å². The molecule has 0 aliphatic carbocycles. The molecule has 1 aliphatic heterocycles. The number of piperidine rings is 1. The number of ether oxygens (including phenoxy) is 2. The summed E-state index contributed by atoms with van der Waals surface area (Å²) in [5.74, 6) is -0.759. The molecule has 19 heavy (non-hydrogen) atoms. The van der Waals surface area contributed by atoms with Gasteiger partial charge in [0.1, 0.15) is 12.2 Å². The van der Waals surface area contributed by atoms with Crippen LogP contribution in [0.1, 0.15) is 33.1 Å². The number of Topliss-reactive ketones (excluding diaryl/α,β-unsaturated/α-hetero) is 1. The van der Waals surface area contributed by atoms with Crippen molar-refractivity contribution in [2.75, 3.05) is 20.3 Å². The van der Waals surface area contributed by atoms with Gasteiger partial charge in [-0.2, -0.15) is 0 Å². The minimum atomic E-state index is -0.476. The fourth-order valence-corrected chi connectivity index (χ4v) is 2.35. The van der Waals surface area contributed by atoms with Crippen LogP contribution >= 0.6 is 0 Å². The summed E-state index contributed by atoms with van der Waals surface area (Å²) < 4.78 is 9.44. The Labute approximate surface area is 113 Å². The van der Waals surface area contributed by atoms with E-state index in [9.17, 15) is 14.4 Å². The summed E-state index contributed by atoms with van der Waals surface area (Å²) in [6.07, 6.45) is 0.581. The minimum Gasteiger partial charge on any atom is -0.466 e. The first-order valence-corrected chi connectivity index (χ1v) is 6.52. The van der Waals surface area contributed by atoms with Crippen LogP contribution in [0.2, 0.25) is 0 Å². The second kappa shape index (κ2) is 7.11. The third kappa shape index (κ3) is 4.22. The summed E-state index contributed by atoms with van der Waals surface area (Å²) in [6, 6.07) is -0.0580. The maximum Gasteiger partial charge on any atom is 0.409 e. The van der Waals surface area contributed by atoms with Gasteiger partial charge in [-0.1, -0.05) is 0 Å². The van der Waals surface area contributed by atoms with Crippen molar-refractivity contribution in [2.24, 2.45) is 5.92 Å². The summed E-state index contributed by atoms with van der Waals surface area (Å²) in [6.45, 7) is 4.34. The van der Waals surface area contributed by atoms with E-state index in [0.717, 1.165) is 0 Å². The van der Waals surface area contributed by atoms with Gasteiger partial charge < -0.3 is 14.4 Å². The molecule has 1 saturated heterocycles. The van der Waals surface area contributed by atoms with Crippen molar-refractivity contribution in [3.05, 3.63) is 0 Å². The van der Waals surface area contributed by atoms with Gasteiger partial charge in [0.05, 0.1) is 13.7 Å². The Morgan fingerprint density at radius 1 is 1.32 bits per heavy atom. The molecule has 0 N–H and O–H groups in total. The van der Waals surface area contributed by atoms with Crippen LogP contribution in [-0.2, 0) is 19.1 Å². The van der Waals surface area contributed by atoms with Gasteiger partial charge in [-0.25, -0.2) is 4.79 Å². The maximum absolute atomic E-state index is 11.9. The first-order valence-electron chi connectivity index (χ1n) is 6.52. The molecular formula is C13H21NO5. The Balaban J connectivity index is 2.49. The molecule has 0 unspecified atom stereocenters. The highest BCUT2D eigenvalue weighted by Crippen LogP contribution is 2.25. The van der Waals surface area contributed by atoms with E-state index >= 15 is 0 Å². The standard InChI is InChI=1S/C13H21NO5/c1-4-19-12(16)8-11(15)10-5-6-14(9(2)7-10)13(17)18-3/h9-10H,4-8H2,1-3H3/t9-,10-/m1/s1. The molecule has 0 aromatic heterocycles. The van der Waals surface area contributed by atoms with Crippen LogP contribution in [0.25, 0.3) is 0 Å². The first-order chi connectivity index (χ1) is 8.99. The second-order valence-corrected chi connectivity index (χ2v) is 4.68. The molecule has 0 aromatic rings. The van der Waals surface area contributed by atoms with Crippen molar-refractivity contribution in [2.45, 2.75) is 39.2 Å². The maximum atomic E-state index is 11.9. The quantitative estimate of drug-likeness (QED) is 0.570. The van der Waals surface area contributed by atoms with Crippen LogP contribution in [0, 0.1) is 5.92 Å². The molecule has 2 atom stereocenters. The molecule has 6 nitrogen and oxygen atoms in total. The fourth-order valence-electron chi connectivity index (χ4n) is 2.35. The van der Waals surface area contributed by atoms with Gasteiger partial charge in [-0.15, -0.1) is 0 Å². The van der Waals surface area contributed by atoms with Gasteiger partial charge in [0.2, 0.25) is 0 Å². The molecule has 0 saturated carbocycles. The highest BCUT2D eigenvalue weighted by atomic mass is 16.5. The molecule has 108 valence electrons. The van der Waals surface area contributed by atoms with Gasteiger partial charge in [-0.05, 0) is 26.7 Å². The number of hydrogen-bond donors (Lipinski definition) is 0. The average Bonchev–Trinajstić information content (AvgIpc) is 2.37. The molecule has 1 heterocycles. The van der Waals surface area contributed by atoms with E-state index in [1.54, 1.807) is 11.8 Å². The van der Waals surface area contributed by atoms with E-state index in [1.165, 1.54) is 7.11 Å². The summed E-state index contributed by atoms with van der Waals surface area (Å²) >= 11 is 0. The zero-order valence-corrected chi connectivity index (χ0v) is 11.7. The van der Waals surface area contributed by atoms with Crippen LogP contribution < -0.4 is 0 Å². The van der Waals surface area contributed by atoms with E-state index in [4.69, 9.17) is 4.74 Å². The Bertz CT molecular complexity index is 355. The van der Waals surface area contributed by atoms with Gasteiger partial charge >= 0.3 is 12.1 Å². The molecule has 6 heteroatoms. The number of likely N-dealkylation sites (tertiary alicyclic amines) is 1. The molecule has 1 fully saturated rings. The molecule has 0 bridgehead atoms. The summed E-state index contributed by atoms with van der Waals surface area (Å²) in [7, 11) is 1.34. The van der Waals surface area contributed by atoms with Crippen LogP contribution in [-0.4, -0.2) is 49.0 Å². The predicted molar refractivity (Wildman–Crippen MR) is 67.6 cm³/mol. The van der Waals surface area contributed by atoms with E-state index in [-0.39, 0.29) is 36.9 Å². The zero-order valence-electron chi connectivity index (χ0n) is 11.7. The van der Waals surface area contributed by atoms with E-state index in [2.05, 4.69) is 4.74 Å². The lowest BCUT2D eigenvalue weighted by molar-refractivity contribution is -0.146. The molecule has 1 aliphatic rings. The zero-order chi connectivity index (χ0) is 14.4. The minimum absolute atomic E-state index is 0.0580. The smallest absolute Gasteiger partial charge is 0.409 e. The summed E-state index contributed by atoms with van der Waals surface area (Å²) in [4.78, 5) is 36.3. The second-order valence-electron chi connectivity index (χ2n) is 4.68. The lowest BCUT2D eigenvalue weighted by atomic mass is 9.87. The van der Waals surface area contributed by atoms with Crippen LogP contribution in [0.3, 0.4) is 0 Å². The molecule has 0 spiro atoms. The van der Waals surface area contributed by atoms with Crippen LogP contribution in [0.4, 0.5) is 4.79 Å². The van der Waals surface area contributed by atoms with Crippen molar-refractivity contribution >= 4 is 17.8 Å². The Morgan fingerprint density at radius 2 is 2.00 bits per heavy atom. The Morgan fingerprint density at radius 3 is 2.53 bits per heavy atom. The number of carbonyl (C=O) groups excluding carboxylic acids is 3. The third-order valence-corrected chi connectivity index (χ3v) is 3.36. The third-order valence-electron chi connectivity index (χ3n) is 3.36. The highest BCUT2D eigenvalue weighted by Gasteiger charge is 2.33. The number of nitrogens with zero attached hydrogens (tertiary/aromatic N) is 1. The van der Waals surface area contributed by atoms with E-state index in [1.807, 2.05) is 6.92 Å². The van der Waals surface area contributed by atoms with Gasteiger partial charge in [0.15, 0.2) is 0 Å². The molecular weight excluding hydrogens is 250 g/mol. The van der Waals surface area contributed by atoms with Gasteiger partial charge in [0.25, 0.3) is 0 Å². The summed E-state index contributed by atoms with van der Waals surface area (Å²) in [5, 5.41) is 0. The normalized spacial score (nSPS) is 22.8. The van der Waals surface area contributed by atoms with Crippen molar-refractivity contribution < 1.29 is 23.9 Å². The lowest BCUT2D eigenvalue weighted by Crippen LogP contribution is -2.46. The number of amides is 1. The topological polar surface area (TPSA) is 72.9 Å². The van der Waals surface area contributed by atoms with Crippen LogP contribution in [0.5, 0.6) is 0 Å². The monoisotopic (exact) mass is 271 g/mol. The largest absolute Gasteiger partial charge is 0.466 e. The van der Waals surface area contributed by atoms with Crippen molar-refractivity contribution in [1.29, 1.82) is 0 Å². The fraction of sp³-hybridized carbons (Fsp3) is 0.769. The number of carbonyl (C=O) groups is 3.